The number of ether oxygens (including phenoxy) is 1. The van der Waals surface area contributed by atoms with Crippen molar-refractivity contribution in [3.05, 3.63) is 11.9 Å². The van der Waals surface area contributed by atoms with E-state index in [-0.39, 0.29) is 36.2 Å². The molecule has 0 aromatic carbocycles. The number of aromatic nitrogens is 3. The number of carbonyl (C=O) groups excluding carboxylic acids is 1. The first kappa shape index (κ1) is 22.3. The van der Waals surface area contributed by atoms with Gasteiger partial charge in [-0.15, -0.1) is 5.10 Å². The predicted octanol–water partition coefficient (Wildman–Crippen LogP) is 1.31. The van der Waals surface area contributed by atoms with Crippen LogP contribution in [0.5, 0.6) is 0 Å². The van der Waals surface area contributed by atoms with Crippen LogP contribution in [0, 0.1) is 11.8 Å². The molecule has 9 heteroatoms. The molecule has 1 fully saturated rings. The lowest BCUT2D eigenvalue weighted by molar-refractivity contribution is -0.138. The van der Waals surface area contributed by atoms with E-state index in [1.165, 1.54) is 0 Å². The van der Waals surface area contributed by atoms with Gasteiger partial charge in [-0.1, -0.05) is 25.5 Å². The van der Waals surface area contributed by atoms with Crippen LogP contribution < -0.4 is 5.32 Å². The fourth-order valence-electron chi connectivity index (χ4n) is 3.35. The molecule has 1 heterocycles. The maximum absolute atomic E-state index is 12.5. The second-order valence-corrected chi connectivity index (χ2v) is 7.84. The summed E-state index contributed by atoms with van der Waals surface area (Å²) in [5, 5.41) is 20.4. The predicted molar refractivity (Wildman–Crippen MR) is 104 cm³/mol. The number of carboxylic acid groups (broad SMARTS) is 1. The molecule has 0 aliphatic heterocycles. The Labute approximate surface area is 166 Å². The molecule has 9 nitrogen and oxygen atoms in total. The lowest BCUT2D eigenvalue weighted by atomic mass is 9.79. The summed E-state index contributed by atoms with van der Waals surface area (Å²) in [5.74, 6) is -0.906. The van der Waals surface area contributed by atoms with Crippen molar-refractivity contribution in [2.24, 2.45) is 11.8 Å². The van der Waals surface area contributed by atoms with E-state index in [1.54, 1.807) is 7.11 Å². The number of carbonyl (C=O) groups is 2. The van der Waals surface area contributed by atoms with Crippen molar-refractivity contribution in [2.45, 2.75) is 58.2 Å². The normalized spacial score (nSPS) is 21.2. The van der Waals surface area contributed by atoms with Gasteiger partial charge in [0.25, 0.3) is 0 Å². The van der Waals surface area contributed by atoms with Crippen LogP contribution in [-0.4, -0.2) is 70.2 Å². The Morgan fingerprint density at radius 3 is 2.79 bits per heavy atom. The van der Waals surface area contributed by atoms with Gasteiger partial charge < -0.3 is 15.2 Å². The minimum absolute atomic E-state index is 0.0417. The lowest BCUT2D eigenvalue weighted by Crippen LogP contribution is -2.47. The van der Waals surface area contributed by atoms with Crippen LogP contribution in [0.4, 0.5) is 0 Å². The van der Waals surface area contributed by atoms with E-state index in [1.807, 2.05) is 31.8 Å². The highest BCUT2D eigenvalue weighted by Gasteiger charge is 2.37. The van der Waals surface area contributed by atoms with Gasteiger partial charge in [0.15, 0.2) is 0 Å². The molecular formula is C19H33N5O4. The minimum atomic E-state index is -0.886. The SMILES string of the molecule is CC[C@H](C)[C@@H](CC(=O)O)NC(=O)C1CC(n2cc(CN(C)CCOC)nn2)C1. The first-order valence-electron chi connectivity index (χ1n) is 9.94. The summed E-state index contributed by atoms with van der Waals surface area (Å²) in [4.78, 5) is 25.7. The quantitative estimate of drug-likeness (QED) is 0.549. The zero-order chi connectivity index (χ0) is 20.7. The molecule has 1 aromatic heterocycles. The van der Waals surface area contributed by atoms with E-state index in [0.717, 1.165) is 18.7 Å². The molecule has 1 aliphatic carbocycles. The molecule has 28 heavy (non-hydrogen) atoms. The zero-order valence-corrected chi connectivity index (χ0v) is 17.3. The van der Waals surface area contributed by atoms with E-state index < -0.39 is 5.97 Å². The van der Waals surface area contributed by atoms with Crippen molar-refractivity contribution in [1.82, 2.24) is 25.2 Å². The average molecular weight is 396 g/mol. The van der Waals surface area contributed by atoms with Crippen molar-refractivity contribution in [1.29, 1.82) is 0 Å². The molecule has 0 bridgehead atoms. The monoisotopic (exact) mass is 395 g/mol. The third kappa shape index (κ3) is 6.27. The lowest BCUT2D eigenvalue weighted by Gasteiger charge is -2.35. The molecule has 0 radical (unpaired) electrons. The highest BCUT2D eigenvalue weighted by Crippen LogP contribution is 2.37. The smallest absolute Gasteiger partial charge is 0.305 e. The van der Waals surface area contributed by atoms with Crippen molar-refractivity contribution < 1.29 is 19.4 Å². The van der Waals surface area contributed by atoms with Crippen molar-refractivity contribution in [3.63, 3.8) is 0 Å². The van der Waals surface area contributed by atoms with Gasteiger partial charge in [-0.3, -0.25) is 14.5 Å². The number of aliphatic carboxylic acids is 1. The Morgan fingerprint density at radius 2 is 2.18 bits per heavy atom. The Bertz CT molecular complexity index is 644. The molecule has 1 amide bonds. The van der Waals surface area contributed by atoms with Crippen LogP contribution in [0.1, 0.15) is 51.3 Å². The van der Waals surface area contributed by atoms with Crippen molar-refractivity contribution in [2.75, 3.05) is 27.3 Å². The molecule has 2 N–H and O–H groups in total. The summed E-state index contributed by atoms with van der Waals surface area (Å²) >= 11 is 0. The third-order valence-corrected chi connectivity index (χ3v) is 5.58. The van der Waals surface area contributed by atoms with Crippen LogP contribution in [0.2, 0.25) is 0 Å². The fourth-order valence-corrected chi connectivity index (χ4v) is 3.35. The van der Waals surface area contributed by atoms with Crippen LogP contribution in [0.3, 0.4) is 0 Å². The first-order chi connectivity index (χ1) is 13.3. The van der Waals surface area contributed by atoms with Gasteiger partial charge >= 0.3 is 5.97 Å². The van der Waals surface area contributed by atoms with Gasteiger partial charge in [0, 0.05) is 32.2 Å². The van der Waals surface area contributed by atoms with Crippen molar-refractivity contribution >= 4 is 11.9 Å². The van der Waals surface area contributed by atoms with Crippen molar-refractivity contribution in [3.8, 4) is 0 Å². The summed E-state index contributed by atoms with van der Waals surface area (Å²) < 4.78 is 6.91. The van der Waals surface area contributed by atoms with Gasteiger partial charge in [0.05, 0.1) is 31.0 Å². The molecule has 2 rings (SSSR count). The summed E-state index contributed by atoms with van der Waals surface area (Å²) in [7, 11) is 3.69. The van der Waals surface area contributed by atoms with Crippen LogP contribution in [-0.2, 0) is 20.9 Å². The topological polar surface area (TPSA) is 110 Å². The van der Waals surface area contributed by atoms with Gasteiger partial charge in [0.1, 0.15) is 0 Å². The summed E-state index contributed by atoms with van der Waals surface area (Å²) in [6, 6.07) is -0.155. The Hall–Kier alpha value is -2.00. The van der Waals surface area contributed by atoms with E-state index in [2.05, 4.69) is 20.5 Å². The highest BCUT2D eigenvalue weighted by atomic mass is 16.5. The standard InChI is InChI=1S/C19H33N5O4/c1-5-13(2)17(10-18(25)26)20-19(27)14-8-16(9-14)24-12-15(21-22-24)11-23(3)6-7-28-4/h12-14,16-17H,5-11H2,1-4H3,(H,20,27)(H,25,26)/t13-,14?,16?,17+/m0/s1. The number of likely N-dealkylation sites (N-methyl/N-ethyl adjacent to an activating group) is 1. The molecule has 1 aromatic rings. The maximum atomic E-state index is 12.5. The Kier molecular flexibility index (Phi) is 8.37. The Balaban J connectivity index is 1.81. The van der Waals surface area contributed by atoms with Crippen LogP contribution in [0.25, 0.3) is 0 Å². The molecule has 2 atom stereocenters. The van der Waals surface area contributed by atoms with Gasteiger partial charge in [-0.25, -0.2) is 4.68 Å². The highest BCUT2D eigenvalue weighted by molar-refractivity contribution is 5.80. The number of hydrogen-bond donors (Lipinski definition) is 2. The van der Waals surface area contributed by atoms with Gasteiger partial charge in [-0.2, -0.15) is 0 Å². The molecule has 1 saturated carbocycles. The number of carboxylic acids is 1. The first-order valence-corrected chi connectivity index (χ1v) is 9.94. The third-order valence-electron chi connectivity index (χ3n) is 5.58. The second kappa shape index (κ2) is 10.5. The number of nitrogens with zero attached hydrogens (tertiary/aromatic N) is 4. The molecule has 0 unspecified atom stereocenters. The fraction of sp³-hybridized carbons (Fsp3) is 0.789. The van der Waals surface area contributed by atoms with Crippen LogP contribution in [0.15, 0.2) is 6.20 Å². The Morgan fingerprint density at radius 1 is 1.46 bits per heavy atom. The molecular weight excluding hydrogens is 362 g/mol. The number of hydrogen-bond acceptors (Lipinski definition) is 6. The molecule has 0 saturated heterocycles. The van der Waals surface area contributed by atoms with E-state index in [9.17, 15) is 9.59 Å². The number of rotatable bonds is 12. The number of methoxy groups -OCH3 is 1. The second-order valence-electron chi connectivity index (χ2n) is 7.84. The largest absolute Gasteiger partial charge is 0.481 e. The molecule has 0 spiro atoms. The van der Waals surface area contributed by atoms with E-state index in [0.29, 0.717) is 26.0 Å². The van der Waals surface area contributed by atoms with Crippen LogP contribution >= 0.6 is 0 Å². The minimum Gasteiger partial charge on any atom is -0.481 e. The number of nitrogens with one attached hydrogen (secondary N) is 1. The molecule has 158 valence electrons. The zero-order valence-electron chi connectivity index (χ0n) is 17.3. The summed E-state index contributed by atoms with van der Waals surface area (Å²) in [5.41, 5.74) is 0.893. The van der Waals surface area contributed by atoms with Gasteiger partial charge in [-0.05, 0) is 25.8 Å². The maximum Gasteiger partial charge on any atom is 0.305 e. The van der Waals surface area contributed by atoms with Gasteiger partial charge in [0.2, 0.25) is 5.91 Å². The summed E-state index contributed by atoms with van der Waals surface area (Å²) in [6.07, 6.45) is 4.13. The van der Waals surface area contributed by atoms with E-state index in [4.69, 9.17) is 9.84 Å². The average Bonchev–Trinajstić information content (AvgIpc) is 3.04. The van der Waals surface area contributed by atoms with E-state index >= 15 is 0 Å². The molecule has 1 aliphatic rings. The number of amides is 1. The summed E-state index contributed by atoms with van der Waals surface area (Å²) in [6.45, 7) is 6.16.